The van der Waals surface area contributed by atoms with Crippen LogP contribution in [0.4, 0.5) is 0 Å². The van der Waals surface area contributed by atoms with E-state index in [2.05, 4.69) is 6.92 Å². The van der Waals surface area contributed by atoms with Gasteiger partial charge in [0.05, 0.1) is 36.9 Å². The number of unbranched alkanes of at least 4 members (excludes halogenated alkanes) is 18. The summed E-state index contributed by atoms with van der Waals surface area (Å²) in [7, 11) is -11.5. The van der Waals surface area contributed by atoms with Gasteiger partial charge in [-0.3, -0.25) is 28.0 Å². The smallest absolute Gasteiger partial charge is 0.462 e. The van der Waals surface area contributed by atoms with Gasteiger partial charge in [0, 0.05) is 25.2 Å². The molecule has 2 rings (SSSR count). The van der Waals surface area contributed by atoms with Crippen molar-refractivity contribution in [1.29, 1.82) is 0 Å². The van der Waals surface area contributed by atoms with Gasteiger partial charge >= 0.3 is 27.6 Å². The van der Waals surface area contributed by atoms with Crippen LogP contribution >= 0.6 is 15.6 Å². The number of ketones is 1. The lowest BCUT2D eigenvalue weighted by atomic mass is 9.82. The first-order valence-corrected chi connectivity index (χ1v) is 29.4. The van der Waals surface area contributed by atoms with Crippen LogP contribution in [-0.4, -0.2) is 131 Å². The fraction of sp³-hybridized carbons (Fsp3) is 0.898. The van der Waals surface area contributed by atoms with Crippen molar-refractivity contribution in [3.05, 3.63) is 12.2 Å². The highest BCUT2D eigenvalue weighted by Crippen LogP contribution is 2.49. The van der Waals surface area contributed by atoms with Crippen LogP contribution in [0.2, 0.25) is 0 Å². The summed E-state index contributed by atoms with van der Waals surface area (Å²) in [5.41, 5.74) is 0. The Kier molecular flexibility index (Phi) is 33.4. The van der Waals surface area contributed by atoms with Crippen LogP contribution in [0.15, 0.2) is 12.2 Å². The molecule has 19 nitrogen and oxygen atoms in total. The fourth-order valence-electron chi connectivity index (χ4n) is 9.07. The van der Waals surface area contributed by atoms with Gasteiger partial charge in [0.15, 0.2) is 6.10 Å². The second-order valence-corrected chi connectivity index (χ2v) is 22.0. The summed E-state index contributed by atoms with van der Waals surface area (Å²) in [5, 5.41) is 68.1. The van der Waals surface area contributed by atoms with Crippen LogP contribution in [0.5, 0.6) is 0 Å². The Labute approximate surface area is 416 Å². The number of Topliss-reactive ketones (excluding diaryl/α,β-unsaturated/α-hetero) is 1. The second kappa shape index (κ2) is 36.3. The molecule has 1 heterocycles. The van der Waals surface area contributed by atoms with Gasteiger partial charge in [-0.1, -0.05) is 167 Å². The number of aliphatic hydroxyl groups is 6. The molecule has 21 heteroatoms. The highest BCUT2D eigenvalue weighted by atomic mass is 31.2. The summed E-state index contributed by atoms with van der Waals surface area (Å²) < 4.78 is 52.2. The number of aliphatic hydroxyl groups excluding tert-OH is 6. The topological polar surface area (TPSA) is 314 Å². The lowest BCUT2D eigenvalue weighted by molar-refractivity contribution is -0.165. The standard InChI is InChI=1S/C49H90O19P2/c1-3-5-7-8-9-10-11-12-13-14-15-16-17-18-19-20-25-29-42(53)64-34-37-35-65-70(62,63)68-49-47(58)46(57)44(55)38(28-24-21-22-26-30-43(54)66-37)40(51)33-41(52)39(32-31-36(50)27-23-6-4-2)45(56)48(49)67-69(59,60)61/h31-32,36-40,44-51,55-58H,3-30,33-35H2,1-2H3,(H,62,63)(H2,59,60,61)/b32-31+/t36-,37+,38-,39-,40-,44+,45+,46-,47+,48+,49-/m0/s1. The Hall–Kier alpha value is -1.67. The Morgan fingerprint density at radius 3 is 1.87 bits per heavy atom. The summed E-state index contributed by atoms with van der Waals surface area (Å²) in [6.07, 6.45) is 5.78. The van der Waals surface area contributed by atoms with E-state index in [0.29, 0.717) is 32.1 Å². The van der Waals surface area contributed by atoms with E-state index >= 15 is 0 Å². The molecule has 1 saturated heterocycles. The zero-order chi connectivity index (χ0) is 52.0. The van der Waals surface area contributed by atoms with Crippen molar-refractivity contribution in [1.82, 2.24) is 0 Å². The van der Waals surface area contributed by atoms with Gasteiger partial charge in [0.25, 0.3) is 0 Å². The molecule has 0 aromatic heterocycles. The first kappa shape index (κ1) is 64.4. The maximum Gasteiger partial charge on any atom is 0.472 e. The number of esters is 2. The predicted octanol–water partition coefficient (Wildman–Crippen LogP) is 7.32. The van der Waals surface area contributed by atoms with Crippen LogP contribution in [0.3, 0.4) is 0 Å². The summed E-state index contributed by atoms with van der Waals surface area (Å²) in [6.45, 7) is 2.60. The van der Waals surface area contributed by atoms with Crippen LogP contribution < -0.4 is 0 Å². The average Bonchev–Trinajstić information content (AvgIpc) is 3.30. The third-order valence-electron chi connectivity index (χ3n) is 13.2. The summed E-state index contributed by atoms with van der Waals surface area (Å²) in [6, 6.07) is 0. The molecular weight excluding hydrogens is 954 g/mol. The minimum absolute atomic E-state index is 0.0627. The molecule has 0 aromatic rings. The molecule has 0 radical (unpaired) electrons. The molecule has 0 aromatic carbocycles. The largest absolute Gasteiger partial charge is 0.472 e. The van der Waals surface area contributed by atoms with Gasteiger partial charge in [-0.15, -0.1) is 0 Å². The van der Waals surface area contributed by atoms with Gasteiger partial charge in [-0.2, -0.15) is 0 Å². The van der Waals surface area contributed by atoms with Gasteiger partial charge in [-0.25, -0.2) is 9.13 Å². The average molecular weight is 1050 g/mol. The summed E-state index contributed by atoms with van der Waals surface area (Å²) in [5.74, 6) is -5.59. The minimum Gasteiger partial charge on any atom is -0.462 e. The molecule has 0 amide bonds. The molecule has 2 fully saturated rings. The molecule has 2 aliphatic rings. The van der Waals surface area contributed by atoms with Crippen LogP contribution in [-0.2, 0) is 46.6 Å². The number of rotatable bonds is 28. The maximum absolute atomic E-state index is 13.9. The van der Waals surface area contributed by atoms with Gasteiger partial charge in [-0.05, 0) is 25.7 Å². The number of cyclic esters (lactones) is 1. The van der Waals surface area contributed by atoms with Crippen LogP contribution in [0.1, 0.15) is 200 Å². The Morgan fingerprint density at radius 1 is 0.757 bits per heavy atom. The van der Waals surface area contributed by atoms with Crippen molar-refractivity contribution >= 4 is 33.4 Å². The van der Waals surface area contributed by atoms with Crippen molar-refractivity contribution in [3.8, 4) is 0 Å². The molecule has 410 valence electrons. The monoisotopic (exact) mass is 1040 g/mol. The van der Waals surface area contributed by atoms with Crippen molar-refractivity contribution in [2.45, 2.75) is 255 Å². The molecule has 1 saturated carbocycles. The van der Waals surface area contributed by atoms with Crippen molar-refractivity contribution in [3.63, 3.8) is 0 Å². The number of hydrogen-bond donors (Lipinski definition) is 9. The highest BCUT2D eigenvalue weighted by molar-refractivity contribution is 7.47. The van der Waals surface area contributed by atoms with E-state index in [-0.39, 0.29) is 32.1 Å². The number of hydrogen-bond acceptors (Lipinski definition) is 16. The van der Waals surface area contributed by atoms with Gasteiger partial charge < -0.3 is 54.8 Å². The fourth-order valence-corrected chi connectivity index (χ4v) is 10.6. The second-order valence-electron chi connectivity index (χ2n) is 19.4. The molecule has 1 unspecified atom stereocenters. The zero-order valence-electron chi connectivity index (χ0n) is 41.9. The molecule has 9 N–H and O–H groups in total. The number of carbonyl (C=O) groups is 3. The number of phosphoric ester groups is 2. The maximum atomic E-state index is 13.9. The number of fused-ring (bicyclic) bond motifs is 4. The van der Waals surface area contributed by atoms with E-state index < -0.39 is 120 Å². The van der Waals surface area contributed by atoms with E-state index in [1.54, 1.807) is 0 Å². The highest BCUT2D eigenvalue weighted by Gasteiger charge is 2.51. The molecule has 12 atom stereocenters. The Morgan fingerprint density at radius 2 is 1.30 bits per heavy atom. The third kappa shape index (κ3) is 27.6. The summed E-state index contributed by atoms with van der Waals surface area (Å²) >= 11 is 0. The minimum atomic E-state index is -5.78. The number of phosphoric acid groups is 2. The lowest BCUT2D eigenvalue weighted by Gasteiger charge is -2.38. The van der Waals surface area contributed by atoms with Crippen LogP contribution in [0.25, 0.3) is 0 Å². The molecule has 2 bridgehead atoms. The van der Waals surface area contributed by atoms with Crippen LogP contribution in [0, 0.1) is 11.8 Å². The number of carbonyl (C=O) groups excluding carboxylic acids is 3. The van der Waals surface area contributed by atoms with Gasteiger partial charge in [0.1, 0.15) is 36.8 Å². The quantitative estimate of drug-likeness (QED) is 0.0160. The van der Waals surface area contributed by atoms with Crippen molar-refractivity contribution in [2.75, 3.05) is 13.2 Å². The normalized spacial score (nSPS) is 29.9. The molecule has 0 spiro atoms. The van der Waals surface area contributed by atoms with E-state index in [0.717, 1.165) is 50.7 Å². The first-order chi connectivity index (χ1) is 33.3. The van der Waals surface area contributed by atoms with E-state index in [1.807, 2.05) is 6.92 Å². The summed E-state index contributed by atoms with van der Waals surface area (Å²) in [4.78, 5) is 70.7. The zero-order valence-corrected chi connectivity index (χ0v) is 43.7. The molecule has 1 aliphatic heterocycles. The number of ether oxygens (including phenoxy) is 2. The molecule has 1 aliphatic carbocycles. The predicted molar refractivity (Wildman–Crippen MR) is 261 cm³/mol. The van der Waals surface area contributed by atoms with Crippen molar-refractivity contribution < 1.29 is 91.9 Å². The van der Waals surface area contributed by atoms with Crippen molar-refractivity contribution in [2.24, 2.45) is 11.8 Å². The Bertz CT molecular complexity index is 1560. The Balaban J connectivity index is 2.20. The molecular formula is C49H90O19P2. The lowest BCUT2D eigenvalue weighted by Crippen LogP contribution is -2.56. The third-order valence-corrected chi connectivity index (χ3v) is 14.7. The first-order valence-electron chi connectivity index (χ1n) is 26.3. The van der Waals surface area contributed by atoms with E-state index in [1.165, 1.54) is 77.0 Å². The van der Waals surface area contributed by atoms with E-state index in [9.17, 15) is 68.8 Å². The van der Waals surface area contributed by atoms with Gasteiger partial charge in [0.2, 0.25) is 0 Å². The molecule has 70 heavy (non-hydrogen) atoms. The van der Waals surface area contributed by atoms with E-state index in [4.69, 9.17) is 23.0 Å². The SMILES string of the molecule is CCCCCCCCCCCCCCCCCCCC(=O)OC[C@@H]1COP(=O)(O)O[C@H]2[C@H](O)[C@@H](O)[C@H](O)[C@@H](CCCCCCC(=O)O1)[C@@H](O)CC(=O)[C@H](/C=C/[C@@H](O)CCCCC)[C@@H](O)[C@H]2OP(=O)(O)O.